The zero-order chi connectivity index (χ0) is 23.3. The van der Waals surface area contributed by atoms with Crippen LogP contribution in [0.2, 0.25) is 0 Å². The molecule has 174 valence electrons. The number of hydrogen-bond acceptors (Lipinski definition) is 7. The Bertz CT molecular complexity index is 974. The summed E-state index contributed by atoms with van der Waals surface area (Å²) in [5.41, 5.74) is -0.195. The molecule has 0 saturated carbocycles. The summed E-state index contributed by atoms with van der Waals surface area (Å²) in [7, 11) is 0. The third kappa shape index (κ3) is 8.57. The number of unbranched alkanes of at least 4 members (excludes halogenated alkanes) is 8. The Morgan fingerprint density at radius 1 is 0.906 bits per heavy atom. The number of carbonyl (C=O) groups is 2. The lowest BCUT2D eigenvalue weighted by molar-refractivity contribution is -0.130. The van der Waals surface area contributed by atoms with Crippen LogP contribution in [0.1, 0.15) is 71.6 Å². The van der Waals surface area contributed by atoms with Crippen LogP contribution in [0.4, 0.5) is 4.79 Å². The highest BCUT2D eigenvalue weighted by Crippen LogP contribution is 2.33. The third-order valence-electron chi connectivity index (χ3n) is 4.90. The molecule has 0 fully saturated rings. The van der Waals surface area contributed by atoms with Gasteiger partial charge in [0.15, 0.2) is 11.5 Å². The zero-order valence-electron chi connectivity index (χ0n) is 18.9. The van der Waals surface area contributed by atoms with Gasteiger partial charge in [0.25, 0.3) is 0 Å². The summed E-state index contributed by atoms with van der Waals surface area (Å²) in [6, 6.07) is 5.53. The first kappa shape index (κ1) is 25.2. The van der Waals surface area contributed by atoms with Gasteiger partial charge in [-0.1, -0.05) is 64.9 Å². The van der Waals surface area contributed by atoms with Gasteiger partial charge < -0.3 is 18.6 Å². The van der Waals surface area contributed by atoms with Crippen molar-refractivity contribution in [1.82, 2.24) is 0 Å². The summed E-state index contributed by atoms with van der Waals surface area (Å²) >= 11 is 0. The van der Waals surface area contributed by atoms with E-state index in [2.05, 4.69) is 13.5 Å². The Labute approximate surface area is 188 Å². The van der Waals surface area contributed by atoms with E-state index in [4.69, 9.17) is 18.6 Å². The predicted octanol–water partition coefficient (Wildman–Crippen LogP) is 6.32. The van der Waals surface area contributed by atoms with Crippen molar-refractivity contribution < 1.29 is 28.2 Å². The first-order chi connectivity index (χ1) is 15.4. The van der Waals surface area contributed by atoms with Crippen molar-refractivity contribution in [3.8, 4) is 11.5 Å². The van der Waals surface area contributed by atoms with E-state index in [-0.39, 0.29) is 29.3 Å². The lowest BCUT2D eigenvalue weighted by atomic mass is 10.1. The van der Waals surface area contributed by atoms with E-state index >= 15 is 0 Å². The van der Waals surface area contributed by atoms with Gasteiger partial charge in [-0.3, -0.25) is 0 Å². The van der Waals surface area contributed by atoms with E-state index in [1.54, 1.807) is 0 Å². The summed E-state index contributed by atoms with van der Waals surface area (Å²) in [4.78, 5) is 35.5. The SMILES string of the molecule is C=C(C)C(=O)Oc1cc2oc(=O)ccc2cc1OC(=O)OCCCCCCCCCCC. The maximum Gasteiger partial charge on any atom is 0.513 e. The van der Waals surface area contributed by atoms with E-state index in [1.807, 2.05) is 0 Å². The molecule has 1 aromatic heterocycles. The van der Waals surface area contributed by atoms with Crippen molar-refractivity contribution in [2.45, 2.75) is 71.6 Å². The first-order valence-corrected chi connectivity index (χ1v) is 11.2. The van der Waals surface area contributed by atoms with Crippen LogP contribution in [0.15, 0.2) is 45.6 Å². The van der Waals surface area contributed by atoms with E-state index in [0.717, 1.165) is 19.3 Å². The number of benzene rings is 1. The number of esters is 1. The monoisotopic (exact) mass is 444 g/mol. The van der Waals surface area contributed by atoms with Crippen LogP contribution in [-0.2, 0) is 9.53 Å². The predicted molar refractivity (Wildman–Crippen MR) is 122 cm³/mol. The van der Waals surface area contributed by atoms with E-state index in [9.17, 15) is 14.4 Å². The molecule has 0 amide bonds. The summed E-state index contributed by atoms with van der Waals surface area (Å²) in [6.45, 7) is 7.47. The lowest BCUT2D eigenvalue weighted by Gasteiger charge is -2.11. The average Bonchev–Trinajstić information content (AvgIpc) is 2.75. The number of fused-ring (bicyclic) bond motifs is 1. The van der Waals surface area contributed by atoms with Gasteiger partial charge in [-0.15, -0.1) is 0 Å². The van der Waals surface area contributed by atoms with Crippen molar-refractivity contribution in [2.75, 3.05) is 6.61 Å². The molecule has 1 aromatic carbocycles. The molecule has 0 saturated heterocycles. The van der Waals surface area contributed by atoms with Crippen molar-refractivity contribution >= 4 is 23.1 Å². The molecule has 0 aliphatic carbocycles. The Kier molecular flexibility index (Phi) is 10.5. The van der Waals surface area contributed by atoms with Crippen LogP contribution in [-0.4, -0.2) is 18.7 Å². The zero-order valence-corrected chi connectivity index (χ0v) is 18.9. The van der Waals surface area contributed by atoms with Gasteiger partial charge in [-0.05, 0) is 25.5 Å². The maximum absolute atomic E-state index is 12.1. The summed E-state index contributed by atoms with van der Waals surface area (Å²) in [5, 5.41) is 0.501. The first-order valence-electron chi connectivity index (χ1n) is 11.2. The summed E-state index contributed by atoms with van der Waals surface area (Å²) in [5.74, 6) is -0.784. The molecule has 0 atom stereocenters. The molecule has 0 aliphatic heterocycles. The van der Waals surface area contributed by atoms with E-state index < -0.39 is 17.8 Å². The number of ether oxygens (including phenoxy) is 3. The highest BCUT2D eigenvalue weighted by Gasteiger charge is 2.17. The van der Waals surface area contributed by atoms with Crippen molar-refractivity contribution in [1.29, 1.82) is 0 Å². The topological polar surface area (TPSA) is 92.0 Å². The molecule has 0 bridgehead atoms. The molecule has 1 heterocycles. The second-order valence-corrected chi connectivity index (χ2v) is 7.79. The lowest BCUT2D eigenvalue weighted by Crippen LogP contribution is -2.14. The molecule has 0 radical (unpaired) electrons. The van der Waals surface area contributed by atoms with Gasteiger partial charge in [0.1, 0.15) is 5.58 Å². The number of carbonyl (C=O) groups excluding carboxylic acids is 2. The Balaban J connectivity index is 1.88. The second kappa shape index (κ2) is 13.3. The second-order valence-electron chi connectivity index (χ2n) is 7.79. The van der Waals surface area contributed by atoms with Crippen LogP contribution in [0.25, 0.3) is 11.0 Å². The fraction of sp³-hybridized carbons (Fsp3) is 0.480. The molecule has 2 aromatic rings. The van der Waals surface area contributed by atoms with Gasteiger partial charge in [0, 0.05) is 23.1 Å². The van der Waals surface area contributed by atoms with Gasteiger partial charge in [-0.25, -0.2) is 14.4 Å². The quantitative estimate of drug-likeness (QED) is 0.0891. The smallest absolute Gasteiger partial charge is 0.434 e. The van der Waals surface area contributed by atoms with Crippen LogP contribution in [0, 0.1) is 0 Å². The van der Waals surface area contributed by atoms with Gasteiger partial charge in [0.2, 0.25) is 0 Å². The fourth-order valence-corrected chi connectivity index (χ4v) is 3.11. The Morgan fingerprint density at radius 3 is 2.19 bits per heavy atom. The molecule has 0 aliphatic rings. The molecular weight excluding hydrogens is 412 g/mol. The van der Waals surface area contributed by atoms with Gasteiger partial charge in [0.05, 0.1) is 6.61 Å². The van der Waals surface area contributed by atoms with Gasteiger partial charge >= 0.3 is 17.8 Å². The maximum atomic E-state index is 12.1. The van der Waals surface area contributed by atoms with Crippen molar-refractivity contribution in [3.63, 3.8) is 0 Å². The van der Waals surface area contributed by atoms with Crippen molar-refractivity contribution in [3.05, 3.63) is 46.8 Å². The number of rotatable bonds is 13. The van der Waals surface area contributed by atoms with E-state index in [1.165, 1.54) is 69.7 Å². The highest BCUT2D eigenvalue weighted by atomic mass is 16.7. The van der Waals surface area contributed by atoms with Crippen LogP contribution < -0.4 is 15.1 Å². The minimum Gasteiger partial charge on any atom is -0.434 e. The minimum atomic E-state index is -0.895. The Hall–Kier alpha value is -3.09. The van der Waals surface area contributed by atoms with Crippen LogP contribution in [0.5, 0.6) is 11.5 Å². The molecule has 2 rings (SSSR count). The van der Waals surface area contributed by atoms with Crippen molar-refractivity contribution in [2.24, 2.45) is 0 Å². The average molecular weight is 445 g/mol. The van der Waals surface area contributed by atoms with Crippen LogP contribution >= 0.6 is 0 Å². The fourth-order valence-electron chi connectivity index (χ4n) is 3.11. The normalized spacial score (nSPS) is 10.7. The molecule has 7 heteroatoms. The molecular formula is C25H32O7. The molecule has 0 spiro atoms. The van der Waals surface area contributed by atoms with Gasteiger partial charge in [-0.2, -0.15) is 0 Å². The molecule has 7 nitrogen and oxygen atoms in total. The van der Waals surface area contributed by atoms with Crippen LogP contribution in [0.3, 0.4) is 0 Å². The Morgan fingerprint density at radius 2 is 1.53 bits per heavy atom. The third-order valence-corrected chi connectivity index (χ3v) is 4.90. The minimum absolute atomic E-state index is 0.0157. The molecule has 0 N–H and O–H groups in total. The highest BCUT2D eigenvalue weighted by molar-refractivity contribution is 5.90. The largest absolute Gasteiger partial charge is 0.513 e. The summed E-state index contributed by atoms with van der Waals surface area (Å²) < 4.78 is 20.7. The number of hydrogen-bond donors (Lipinski definition) is 0. The summed E-state index contributed by atoms with van der Waals surface area (Å²) in [6.07, 6.45) is 9.53. The van der Waals surface area contributed by atoms with E-state index in [0.29, 0.717) is 5.39 Å². The standard InChI is InChI=1S/C25H32O7/c1-4-5-6-7-8-9-10-11-12-15-29-25(28)32-21-16-19-13-14-23(26)30-20(19)17-22(21)31-24(27)18(2)3/h13-14,16-17H,2,4-12,15H2,1,3H3. The molecule has 32 heavy (non-hydrogen) atoms. The molecule has 0 unspecified atom stereocenters.